The monoisotopic (exact) mass is 606 g/mol. The number of thioether (sulfide) groups is 1. The van der Waals surface area contributed by atoms with Crippen molar-refractivity contribution in [3.63, 3.8) is 0 Å². The Morgan fingerprint density at radius 3 is 2.41 bits per heavy atom. The van der Waals surface area contributed by atoms with Crippen molar-refractivity contribution in [2.75, 3.05) is 12.4 Å². The number of amides is 1. The zero-order valence-corrected chi connectivity index (χ0v) is 23.0. The normalized spacial score (nSPS) is 11.0. The summed E-state index contributed by atoms with van der Waals surface area (Å²) in [7, 11) is 0. The molecule has 0 saturated carbocycles. The molecule has 0 aliphatic heterocycles. The predicted molar refractivity (Wildman–Crippen MR) is 142 cm³/mol. The quantitative estimate of drug-likeness (QED) is 0.135. The number of halogens is 2. The van der Waals surface area contributed by atoms with Crippen molar-refractivity contribution in [3.05, 3.63) is 73.9 Å². The van der Waals surface area contributed by atoms with E-state index in [-0.39, 0.29) is 11.7 Å². The lowest BCUT2D eigenvalue weighted by atomic mass is 10.2. The maximum Gasteiger partial charge on any atom is 0.250 e. The van der Waals surface area contributed by atoms with E-state index in [1.807, 2.05) is 63.2 Å². The Morgan fingerprint density at radius 1 is 1.06 bits per heavy atom. The van der Waals surface area contributed by atoms with Gasteiger partial charge in [0.25, 0.3) is 5.91 Å². The lowest BCUT2D eigenvalue weighted by Crippen LogP contribution is -2.20. The van der Waals surface area contributed by atoms with Crippen LogP contribution < -0.4 is 14.9 Å². The van der Waals surface area contributed by atoms with Gasteiger partial charge in [-0.3, -0.25) is 4.79 Å². The van der Waals surface area contributed by atoms with Crippen molar-refractivity contribution in [3.8, 4) is 11.5 Å². The fourth-order valence-electron chi connectivity index (χ4n) is 2.87. The minimum absolute atomic E-state index is 0.161. The highest BCUT2D eigenvalue weighted by atomic mass is 79.9. The summed E-state index contributed by atoms with van der Waals surface area (Å²) >= 11 is 8.24. The first-order valence-electron chi connectivity index (χ1n) is 10.4. The van der Waals surface area contributed by atoms with Crippen LogP contribution in [0.15, 0.2) is 61.7 Å². The van der Waals surface area contributed by atoms with Gasteiger partial charge in [0, 0.05) is 25.9 Å². The molecule has 7 nitrogen and oxygen atoms in total. The number of ether oxygens (including phenoxy) is 2. The molecule has 1 aromatic heterocycles. The highest BCUT2D eigenvalue weighted by Gasteiger charge is 2.11. The van der Waals surface area contributed by atoms with E-state index in [1.165, 1.54) is 11.8 Å². The molecule has 1 amide bonds. The smallest absolute Gasteiger partial charge is 0.250 e. The molecule has 3 rings (SSSR count). The Balaban J connectivity index is 1.61. The van der Waals surface area contributed by atoms with Crippen LogP contribution in [0.4, 0.5) is 0 Å². The van der Waals surface area contributed by atoms with E-state index in [9.17, 15) is 4.79 Å². The number of nitrogens with zero attached hydrogens (tertiary/aromatic N) is 3. The molecule has 0 aliphatic carbocycles. The molecule has 0 radical (unpaired) electrons. The number of hydrogen-bond acceptors (Lipinski definition) is 7. The predicted octanol–water partition coefficient (Wildman–Crippen LogP) is 5.84. The molecule has 0 atom stereocenters. The molecule has 1 N–H and O–H groups in total. The van der Waals surface area contributed by atoms with Crippen LogP contribution in [0.2, 0.25) is 0 Å². The molecular formula is C24H24Br2N4O3S. The maximum absolute atomic E-state index is 12.2. The van der Waals surface area contributed by atoms with Gasteiger partial charge in [-0.15, -0.1) is 0 Å². The number of hydrazone groups is 1. The van der Waals surface area contributed by atoms with Gasteiger partial charge in [-0.25, -0.2) is 15.4 Å². The minimum Gasteiger partial charge on any atom is -0.490 e. The van der Waals surface area contributed by atoms with E-state index in [2.05, 4.69) is 52.4 Å². The van der Waals surface area contributed by atoms with Crippen molar-refractivity contribution in [1.82, 2.24) is 15.4 Å². The highest BCUT2D eigenvalue weighted by Crippen LogP contribution is 2.34. The van der Waals surface area contributed by atoms with Crippen molar-refractivity contribution in [2.45, 2.75) is 32.5 Å². The van der Waals surface area contributed by atoms with Crippen LogP contribution in [0.25, 0.3) is 0 Å². The highest BCUT2D eigenvalue weighted by molar-refractivity contribution is 9.10. The van der Waals surface area contributed by atoms with Crippen molar-refractivity contribution >= 4 is 55.7 Å². The minimum atomic E-state index is -0.250. The Hall–Kier alpha value is -2.43. The van der Waals surface area contributed by atoms with Gasteiger partial charge in [0.2, 0.25) is 0 Å². The van der Waals surface area contributed by atoms with E-state index >= 15 is 0 Å². The average Bonchev–Trinajstić information content (AvgIpc) is 2.79. The third-order valence-electron chi connectivity index (χ3n) is 4.36. The SMILES string of the molecule is CCOc1cc(/C=N\NC(=O)CSc2nc(C)cc(C)n2)c(Br)cc1OCc1ccc(Br)cc1. The molecule has 0 aliphatic rings. The van der Waals surface area contributed by atoms with Gasteiger partial charge < -0.3 is 9.47 Å². The number of aryl methyl sites for hydroxylation is 2. The van der Waals surface area contributed by atoms with Gasteiger partial charge in [0.05, 0.1) is 18.6 Å². The summed E-state index contributed by atoms with van der Waals surface area (Å²) in [4.78, 5) is 20.8. The molecule has 0 fully saturated rings. The number of benzene rings is 2. The number of carbonyl (C=O) groups is 1. The van der Waals surface area contributed by atoms with Gasteiger partial charge in [0.1, 0.15) is 6.61 Å². The molecule has 10 heteroatoms. The molecule has 1 heterocycles. The number of carbonyl (C=O) groups excluding carboxylic acids is 1. The molecule has 2 aromatic carbocycles. The first-order valence-corrected chi connectivity index (χ1v) is 13.0. The zero-order valence-electron chi connectivity index (χ0n) is 19.0. The first-order chi connectivity index (χ1) is 16.3. The zero-order chi connectivity index (χ0) is 24.5. The largest absolute Gasteiger partial charge is 0.490 e. The summed E-state index contributed by atoms with van der Waals surface area (Å²) < 4.78 is 13.5. The summed E-state index contributed by atoms with van der Waals surface area (Å²) in [5.41, 5.74) is 6.05. The van der Waals surface area contributed by atoms with E-state index in [1.54, 1.807) is 6.21 Å². The molecule has 3 aromatic rings. The standard InChI is InChI=1S/C24H24Br2N4O3S/c1-4-32-21-10-18(20(26)11-22(21)33-13-17-5-7-19(25)8-6-17)12-27-30-23(31)14-34-24-28-15(2)9-16(3)29-24/h5-12H,4,13-14H2,1-3H3,(H,30,31)/b27-12-. The lowest BCUT2D eigenvalue weighted by Gasteiger charge is -2.14. The van der Waals surface area contributed by atoms with Crippen LogP contribution in [-0.2, 0) is 11.4 Å². The van der Waals surface area contributed by atoms with Crippen LogP contribution in [-0.4, -0.2) is 34.4 Å². The molecular weight excluding hydrogens is 584 g/mol. The van der Waals surface area contributed by atoms with Crippen LogP contribution in [0.5, 0.6) is 11.5 Å². The van der Waals surface area contributed by atoms with Gasteiger partial charge in [-0.1, -0.05) is 39.8 Å². The first kappa shape index (κ1) is 26.2. The Kier molecular flexibility index (Phi) is 9.91. The summed E-state index contributed by atoms with van der Waals surface area (Å²) in [6.45, 7) is 6.60. The van der Waals surface area contributed by atoms with E-state index in [4.69, 9.17) is 9.47 Å². The van der Waals surface area contributed by atoms with Crippen molar-refractivity contribution < 1.29 is 14.3 Å². The number of rotatable bonds is 10. The van der Waals surface area contributed by atoms with Gasteiger partial charge >= 0.3 is 0 Å². The fourth-order valence-corrected chi connectivity index (χ4v) is 4.30. The molecule has 178 valence electrons. The third kappa shape index (κ3) is 8.11. The number of aromatic nitrogens is 2. The topological polar surface area (TPSA) is 85.7 Å². The van der Waals surface area contributed by atoms with Gasteiger partial charge in [-0.2, -0.15) is 5.10 Å². The summed E-state index contributed by atoms with van der Waals surface area (Å²) in [6.07, 6.45) is 1.56. The number of hydrogen-bond donors (Lipinski definition) is 1. The van der Waals surface area contributed by atoms with Gasteiger partial charge in [-0.05, 0) is 72.6 Å². The molecule has 0 spiro atoms. The summed E-state index contributed by atoms with van der Waals surface area (Å²) in [5.74, 6) is 1.12. The Labute approximate surface area is 220 Å². The van der Waals surface area contributed by atoms with Crippen molar-refractivity contribution in [1.29, 1.82) is 0 Å². The maximum atomic E-state index is 12.2. The van der Waals surface area contributed by atoms with E-state index in [0.29, 0.717) is 29.9 Å². The fraction of sp³-hybridized carbons (Fsp3) is 0.250. The molecule has 0 bridgehead atoms. The number of nitrogens with one attached hydrogen (secondary N) is 1. The summed E-state index contributed by atoms with van der Waals surface area (Å²) in [6, 6.07) is 13.5. The van der Waals surface area contributed by atoms with Crippen LogP contribution >= 0.6 is 43.6 Å². The van der Waals surface area contributed by atoms with Crippen LogP contribution in [0, 0.1) is 13.8 Å². The third-order valence-corrected chi connectivity index (χ3v) is 6.42. The second-order valence-corrected chi connectivity index (χ2v) is 9.90. The lowest BCUT2D eigenvalue weighted by molar-refractivity contribution is -0.118. The molecule has 34 heavy (non-hydrogen) atoms. The second-order valence-electron chi connectivity index (χ2n) is 7.18. The van der Waals surface area contributed by atoms with E-state index in [0.717, 1.165) is 31.5 Å². The van der Waals surface area contributed by atoms with Crippen LogP contribution in [0.1, 0.15) is 29.4 Å². The van der Waals surface area contributed by atoms with Crippen molar-refractivity contribution in [2.24, 2.45) is 5.10 Å². The summed E-state index contributed by atoms with van der Waals surface area (Å²) in [5, 5.41) is 4.64. The molecule has 0 saturated heterocycles. The second kappa shape index (κ2) is 12.9. The van der Waals surface area contributed by atoms with E-state index < -0.39 is 0 Å². The molecule has 0 unspecified atom stereocenters. The van der Waals surface area contributed by atoms with Crippen LogP contribution in [0.3, 0.4) is 0 Å². The van der Waals surface area contributed by atoms with Gasteiger partial charge in [0.15, 0.2) is 16.7 Å². The Bertz CT molecular complexity index is 1150. The average molecular weight is 608 g/mol. The Morgan fingerprint density at radius 2 is 1.74 bits per heavy atom.